The van der Waals surface area contributed by atoms with Crippen LogP contribution in [0, 0.1) is 0 Å². The molecule has 0 aromatic heterocycles. The van der Waals surface area contributed by atoms with Gasteiger partial charge in [-0.15, -0.1) is 0 Å². The lowest BCUT2D eigenvalue weighted by molar-refractivity contribution is 0.00462. The Balaban J connectivity index is 3.09. The van der Waals surface area contributed by atoms with Crippen molar-refractivity contribution in [3.8, 4) is 0 Å². The summed E-state index contributed by atoms with van der Waals surface area (Å²) >= 11 is 0. The van der Waals surface area contributed by atoms with Gasteiger partial charge in [0.2, 0.25) is 0 Å². The van der Waals surface area contributed by atoms with Gasteiger partial charge in [0.15, 0.2) is 0 Å². The molecule has 0 saturated heterocycles. The van der Waals surface area contributed by atoms with E-state index in [2.05, 4.69) is 4.74 Å². The molecule has 6 nitrogen and oxygen atoms in total. The lowest BCUT2D eigenvalue weighted by Gasteiger charge is -2.06. The molecule has 6 heteroatoms. The number of hydrogen-bond acceptors (Lipinski definition) is 6. The number of carbonyl (C=O) groups excluding carboxylic acids is 1. The van der Waals surface area contributed by atoms with Crippen molar-refractivity contribution in [2.24, 2.45) is 0 Å². The molecule has 0 spiro atoms. The molecule has 0 rings (SSSR count). The van der Waals surface area contributed by atoms with Crippen LogP contribution in [0.3, 0.4) is 0 Å². The van der Waals surface area contributed by atoms with Crippen molar-refractivity contribution in [1.82, 2.24) is 0 Å². The quantitative estimate of drug-likeness (QED) is 0.413. The Morgan fingerprint density at radius 1 is 0.875 bits per heavy atom. The molecule has 0 aliphatic carbocycles. The highest BCUT2D eigenvalue weighted by Gasteiger charge is 2.02. The van der Waals surface area contributed by atoms with Crippen LogP contribution in [0.15, 0.2) is 0 Å². The van der Waals surface area contributed by atoms with E-state index in [9.17, 15) is 4.79 Å². The maximum atomic E-state index is 10.9. The molecule has 0 aliphatic heterocycles. The van der Waals surface area contributed by atoms with Gasteiger partial charge in [0.1, 0.15) is 13.2 Å². The van der Waals surface area contributed by atoms with E-state index in [4.69, 9.17) is 18.9 Å². The van der Waals surface area contributed by atoms with Crippen molar-refractivity contribution < 1.29 is 28.5 Å². The van der Waals surface area contributed by atoms with Crippen LogP contribution in [0.5, 0.6) is 0 Å². The zero-order valence-corrected chi connectivity index (χ0v) is 9.90. The molecule has 16 heavy (non-hydrogen) atoms. The predicted molar refractivity (Wildman–Crippen MR) is 56.5 cm³/mol. The van der Waals surface area contributed by atoms with Crippen LogP contribution in [0.4, 0.5) is 4.79 Å². The third kappa shape index (κ3) is 11.2. The van der Waals surface area contributed by atoms with Gasteiger partial charge in [-0.2, -0.15) is 0 Å². The van der Waals surface area contributed by atoms with Gasteiger partial charge in [0, 0.05) is 13.7 Å². The highest BCUT2D eigenvalue weighted by Crippen LogP contribution is 1.86. The lowest BCUT2D eigenvalue weighted by atomic mass is 10.7. The fourth-order valence-electron chi connectivity index (χ4n) is 0.798. The van der Waals surface area contributed by atoms with E-state index in [0.29, 0.717) is 33.0 Å². The molecule has 0 atom stereocenters. The van der Waals surface area contributed by atoms with Crippen LogP contribution in [0.1, 0.15) is 6.92 Å². The summed E-state index contributed by atoms with van der Waals surface area (Å²) in [6, 6.07) is 0. The standard InChI is InChI=1S/C10H20O6/c1-3-13-5-6-14-7-9-16-10(11)15-8-4-12-2/h3-9H2,1-2H3. The first-order valence-electron chi connectivity index (χ1n) is 5.25. The molecule has 96 valence electrons. The van der Waals surface area contributed by atoms with E-state index in [1.54, 1.807) is 0 Å². The maximum Gasteiger partial charge on any atom is 0.508 e. The van der Waals surface area contributed by atoms with Gasteiger partial charge < -0.3 is 23.7 Å². The van der Waals surface area contributed by atoms with Crippen molar-refractivity contribution >= 4 is 6.16 Å². The van der Waals surface area contributed by atoms with Crippen LogP contribution in [-0.4, -0.2) is 59.5 Å². The van der Waals surface area contributed by atoms with Crippen LogP contribution in [-0.2, 0) is 23.7 Å². The minimum absolute atomic E-state index is 0.179. The summed E-state index contributed by atoms with van der Waals surface area (Å²) in [6.07, 6.45) is -0.703. The van der Waals surface area contributed by atoms with Crippen molar-refractivity contribution in [2.75, 3.05) is 53.4 Å². The molecular weight excluding hydrogens is 216 g/mol. The second kappa shape index (κ2) is 12.2. The molecule has 0 radical (unpaired) electrons. The molecular formula is C10H20O6. The van der Waals surface area contributed by atoms with Gasteiger partial charge >= 0.3 is 6.16 Å². The molecule has 0 N–H and O–H groups in total. The van der Waals surface area contributed by atoms with Gasteiger partial charge in [-0.05, 0) is 6.92 Å². The highest BCUT2D eigenvalue weighted by atomic mass is 16.7. The second-order valence-corrected chi connectivity index (χ2v) is 2.75. The second-order valence-electron chi connectivity index (χ2n) is 2.75. The van der Waals surface area contributed by atoms with Gasteiger partial charge in [-0.1, -0.05) is 0 Å². The van der Waals surface area contributed by atoms with Crippen molar-refractivity contribution in [3.05, 3.63) is 0 Å². The molecule has 0 aromatic rings. The fraction of sp³-hybridized carbons (Fsp3) is 0.900. The zero-order chi connectivity index (χ0) is 12.1. The van der Waals surface area contributed by atoms with E-state index in [0.717, 1.165) is 0 Å². The summed E-state index contributed by atoms with van der Waals surface area (Å²) in [6.45, 7) is 4.71. The zero-order valence-electron chi connectivity index (χ0n) is 9.90. The molecule has 0 amide bonds. The average molecular weight is 236 g/mol. The smallest absolute Gasteiger partial charge is 0.432 e. The summed E-state index contributed by atoms with van der Waals surface area (Å²) in [5.41, 5.74) is 0. The minimum Gasteiger partial charge on any atom is -0.432 e. The maximum absolute atomic E-state index is 10.9. The van der Waals surface area contributed by atoms with Crippen molar-refractivity contribution in [1.29, 1.82) is 0 Å². The monoisotopic (exact) mass is 236 g/mol. The first-order chi connectivity index (χ1) is 7.81. The van der Waals surface area contributed by atoms with Gasteiger partial charge in [-0.3, -0.25) is 0 Å². The molecule has 0 saturated carbocycles. The Morgan fingerprint density at radius 3 is 2.06 bits per heavy atom. The largest absolute Gasteiger partial charge is 0.508 e. The Kier molecular flexibility index (Phi) is 11.6. The summed E-state index contributed by atoms with van der Waals surface area (Å²) in [7, 11) is 1.53. The Bertz CT molecular complexity index is 161. The number of methoxy groups -OCH3 is 1. The average Bonchev–Trinajstić information content (AvgIpc) is 2.28. The van der Waals surface area contributed by atoms with E-state index in [1.165, 1.54) is 7.11 Å². The number of rotatable bonds is 10. The summed E-state index contributed by atoms with van der Waals surface area (Å²) in [5, 5.41) is 0. The van der Waals surface area contributed by atoms with Gasteiger partial charge in [0.25, 0.3) is 0 Å². The molecule has 0 heterocycles. The highest BCUT2D eigenvalue weighted by molar-refractivity contribution is 5.59. The first-order valence-corrected chi connectivity index (χ1v) is 5.25. The molecule has 0 aromatic carbocycles. The number of hydrogen-bond donors (Lipinski definition) is 0. The summed E-state index contributed by atoms with van der Waals surface area (Å²) < 4.78 is 24.3. The predicted octanol–water partition coefficient (Wildman–Crippen LogP) is 0.839. The Hall–Kier alpha value is -0.850. The molecule has 0 bridgehead atoms. The number of carbonyl (C=O) groups is 1. The van der Waals surface area contributed by atoms with Crippen molar-refractivity contribution in [3.63, 3.8) is 0 Å². The van der Waals surface area contributed by atoms with Gasteiger partial charge in [0.05, 0.1) is 26.4 Å². The molecule has 0 unspecified atom stereocenters. The third-order valence-corrected chi connectivity index (χ3v) is 1.53. The Morgan fingerprint density at radius 2 is 1.44 bits per heavy atom. The minimum atomic E-state index is -0.703. The summed E-state index contributed by atoms with van der Waals surface area (Å²) in [5.74, 6) is 0. The van der Waals surface area contributed by atoms with Crippen molar-refractivity contribution in [2.45, 2.75) is 6.92 Å². The van der Waals surface area contributed by atoms with E-state index >= 15 is 0 Å². The van der Waals surface area contributed by atoms with Crippen LogP contribution < -0.4 is 0 Å². The summed E-state index contributed by atoms with van der Waals surface area (Å²) in [4.78, 5) is 10.9. The molecule has 0 fully saturated rings. The number of ether oxygens (including phenoxy) is 5. The normalized spacial score (nSPS) is 10.1. The SMILES string of the molecule is CCOCCOCCOC(=O)OCCOC. The Labute approximate surface area is 95.8 Å². The third-order valence-electron chi connectivity index (χ3n) is 1.53. The van der Waals surface area contributed by atoms with Crippen LogP contribution in [0.25, 0.3) is 0 Å². The van der Waals surface area contributed by atoms with Crippen LogP contribution >= 0.6 is 0 Å². The lowest BCUT2D eigenvalue weighted by Crippen LogP contribution is -2.15. The molecule has 0 aliphatic rings. The first kappa shape index (κ1) is 15.2. The van der Waals surface area contributed by atoms with Crippen LogP contribution in [0.2, 0.25) is 0 Å². The fourth-order valence-corrected chi connectivity index (χ4v) is 0.798. The van der Waals surface area contributed by atoms with E-state index in [-0.39, 0.29) is 13.2 Å². The van der Waals surface area contributed by atoms with E-state index < -0.39 is 6.16 Å². The van der Waals surface area contributed by atoms with E-state index in [1.807, 2.05) is 6.92 Å². The van der Waals surface area contributed by atoms with Gasteiger partial charge in [-0.25, -0.2) is 4.79 Å². The topological polar surface area (TPSA) is 63.2 Å².